The van der Waals surface area contributed by atoms with Crippen LogP contribution >= 0.6 is 0 Å². The fraction of sp³-hybridized carbons (Fsp3) is 0.375. The molecule has 1 aromatic heterocycles. The molecule has 1 unspecified atom stereocenters. The Bertz CT molecular complexity index is 670. The number of benzene rings is 1. The number of halogens is 1. The van der Waals surface area contributed by atoms with Crippen LogP contribution in [0.4, 0.5) is 10.1 Å². The summed E-state index contributed by atoms with van der Waals surface area (Å²) in [5.41, 5.74) is 1.74. The van der Waals surface area contributed by atoms with Gasteiger partial charge in [-0.05, 0) is 25.0 Å². The van der Waals surface area contributed by atoms with Crippen LogP contribution in [0.15, 0.2) is 24.3 Å². The van der Waals surface area contributed by atoms with Crippen LogP contribution in [0.25, 0.3) is 10.9 Å². The SMILES string of the molecule is CNC(=O)C(Nc1cc(C)nc2c(F)cccc12)C(C)C. The van der Waals surface area contributed by atoms with Gasteiger partial charge in [0.2, 0.25) is 5.91 Å². The highest BCUT2D eigenvalue weighted by Gasteiger charge is 2.22. The predicted octanol–water partition coefficient (Wildman–Crippen LogP) is 2.86. The van der Waals surface area contributed by atoms with E-state index in [-0.39, 0.29) is 23.7 Å². The first-order chi connectivity index (χ1) is 9.93. The summed E-state index contributed by atoms with van der Waals surface area (Å²) in [5.74, 6) is -0.355. The summed E-state index contributed by atoms with van der Waals surface area (Å²) in [6.45, 7) is 5.73. The molecule has 1 heterocycles. The minimum atomic E-state index is -0.386. The van der Waals surface area contributed by atoms with Crippen molar-refractivity contribution in [3.8, 4) is 0 Å². The molecule has 2 rings (SSSR count). The molecule has 0 saturated heterocycles. The van der Waals surface area contributed by atoms with Crippen molar-refractivity contribution in [3.63, 3.8) is 0 Å². The zero-order valence-corrected chi connectivity index (χ0v) is 12.7. The molecule has 21 heavy (non-hydrogen) atoms. The summed E-state index contributed by atoms with van der Waals surface area (Å²) in [4.78, 5) is 16.2. The average molecular weight is 289 g/mol. The van der Waals surface area contributed by atoms with Crippen LogP contribution in [0.2, 0.25) is 0 Å². The lowest BCUT2D eigenvalue weighted by Gasteiger charge is -2.23. The van der Waals surface area contributed by atoms with Gasteiger partial charge in [0.25, 0.3) is 0 Å². The number of carbonyl (C=O) groups excluding carboxylic acids is 1. The van der Waals surface area contributed by atoms with Gasteiger partial charge in [0.1, 0.15) is 17.4 Å². The first kappa shape index (κ1) is 15.2. The molecule has 0 aliphatic heterocycles. The van der Waals surface area contributed by atoms with Crippen LogP contribution in [0.3, 0.4) is 0 Å². The number of carbonyl (C=O) groups is 1. The van der Waals surface area contributed by atoms with Gasteiger partial charge in [-0.25, -0.2) is 9.37 Å². The van der Waals surface area contributed by atoms with Gasteiger partial charge in [-0.3, -0.25) is 4.79 Å². The number of amides is 1. The summed E-state index contributed by atoms with van der Waals surface area (Å²) in [5, 5.41) is 6.55. The van der Waals surface area contributed by atoms with Gasteiger partial charge >= 0.3 is 0 Å². The number of pyridine rings is 1. The van der Waals surface area contributed by atoms with E-state index < -0.39 is 0 Å². The van der Waals surface area contributed by atoms with E-state index in [9.17, 15) is 9.18 Å². The van der Waals surface area contributed by atoms with Gasteiger partial charge in [0, 0.05) is 23.8 Å². The number of anilines is 1. The molecule has 0 saturated carbocycles. The van der Waals surface area contributed by atoms with E-state index in [2.05, 4.69) is 15.6 Å². The maximum atomic E-state index is 13.9. The van der Waals surface area contributed by atoms with Gasteiger partial charge in [-0.2, -0.15) is 0 Å². The number of rotatable bonds is 4. The Morgan fingerprint density at radius 1 is 1.33 bits per heavy atom. The lowest BCUT2D eigenvalue weighted by molar-refractivity contribution is -0.122. The number of nitrogens with zero attached hydrogens (tertiary/aromatic N) is 1. The molecule has 0 bridgehead atoms. The number of aromatic nitrogens is 1. The van der Waals surface area contributed by atoms with Crippen molar-refractivity contribution in [1.82, 2.24) is 10.3 Å². The Kier molecular flexibility index (Phi) is 4.40. The quantitative estimate of drug-likeness (QED) is 0.910. The van der Waals surface area contributed by atoms with Crippen molar-refractivity contribution in [2.45, 2.75) is 26.8 Å². The van der Waals surface area contributed by atoms with Crippen LogP contribution in [0.1, 0.15) is 19.5 Å². The number of hydrogen-bond donors (Lipinski definition) is 2. The molecule has 0 fully saturated rings. The zero-order chi connectivity index (χ0) is 15.6. The lowest BCUT2D eigenvalue weighted by Crippen LogP contribution is -2.41. The molecule has 0 spiro atoms. The fourth-order valence-electron chi connectivity index (χ4n) is 2.32. The van der Waals surface area contributed by atoms with Crippen LogP contribution < -0.4 is 10.6 Å². The third kappa shape index (κ3) is 3.12. The zero-order valence-electron chi connectivity index (χ0n) is 12.7. The van der Waals surface area contributed by atoms with Crippen molar-refractivity contribution in [2.75, 3.05) is 12.4 Å². The third-order valence-corrected chi connectivity index (χ3v) is 3.42. The Labute approximate surface area is 123 Å². The minimum absolute atomic E-state index is 0.0935. The molecule has 112 valence electrons. The van der Waals surface area contributed by atoms with Crippen molar-refractivity contribution < 1.29 is 9.18 Å². The molecule has 1 amide bonds. The number of nitrogens with one attached hydrogen (secondary N) is 2. The molecule has 5 heteroatoms. The van der Waals surface area contributed by atoms with Gasteiger partial charge < -0.3 is 10.6 Å². The molecule has 4 nitrogen and oxygen atoms in total. The van der Waals surface area contributed by atoms with Gasteiger partial charge in [0.15, 0.2) is 0 Å². The number of aryl methyl sites for hydroxylation is 1. The molecule has 1 atom stereocenters. The predicted molar refractivity (Wildman–Crippen MR) is 82.8 cm³/mol. The van der Waals surface area contributed by atoms with Gasteiger partial charge in [-0.15, -0.1) is 0 Å². The highest BCUT2D eigenvalue weighted by atomic mass is 19.1. The molecule has 0 aliphatic carbocycles. The Balaban J connectivity index is 2.50. The van der Waals surface area contributed by atoms with Crippen LogP contribution in [-0.2, 0) is 4.79 Å². The first-order valence-electron chi connectivity index (χ1n) is 6.98. The second kappa shape index (κ2) is 6.08. The van der Waals surface area contributed by atoms with Gasteiger partial charge in [0.05, 0.1) is 0 Å². The molecule has 2 aromatic rings. The van der Waals surface area contributed by atoms with Crippen LogP contribution in [-0.4, -0.2) is 24.0 Å². The molecular formula is C16H20FN3O. The molecule has 0 aliphatic rings. The second-order valence-corrected chi connectivity index (χ2v) is 5.43. The number of para-hydroxylation sites is 1. The van der Waals surface area contributed by atoms with E-state index in [1.807, 2.05) is 19.9 Å². The Hall–Kier alpha value is -2.17. The smallest absolute Gasteiger partial charge is 0.242 e. The van der Waals surface area contributed by atoms with E-state index >= 15 is 0 Å². The summed E-state index contributed by atoms with van der Waals surface area (Å²) >= 11 is 0. The third-order valence-electron chi connectivity index (χ3n) is 3.42. The molecular weight excluding hydrogens is 269 g/mol. The summed E-state index contributed by atoms with van der Waals surface area (Å²) in [7, 11) is 1.61. The number of hydrogen-bond acceptors (Lipinski definition) is 3. The maximum Gasteiger partial charge on any atom is 0.242 e. The van der Waals surface area contributed by atoms with E-state index in [4.69, 9.17) is 0 Å². The molecule has 1 aromatic carbocycles. The van der Waals surface area contributed by atoms with Crippen molar-refractivity contribution in [3.05, 3.63) is 35.8 Å². The Morgan fingerprint density at radius 2 is 2.05 bits per heavy atom. The summed E-state index contributed by atoms with van der Waals surface area (Å²) in [6, 6.07) is 6.28. The number of fused-ring (bicyclic) bond motifs is 1. The van der Waals surface area contributed by atoms with Crippen molar-refractivity contribution in [2.24, 2.45) is 5.92 Å². The minimum Gasteiger partial charge on any atom is -0.373 e. The topological polar surface area (TPSA) is 54.0 Å². The largest absolute Gasteiger partial charge is 0.373 e. The maximum absolute atomic E-state index is 13.9. The van der Waals surface area contributed by atoms with E-state index in [0.717, 1.165) is 5.69 Å². The first-order valence-corrected chi connectivity index (χ1v) is 6.98. The summed E-state index contributed by atoms with van der Waals surface area (Å²) < 4.78 is 13.9. The van der Waals surface area contributed by atoms with Crippen molar-refractivity contribution in [1.29, 1.82) is 0 Å². The van der Waals surface area contributed by atoms with E-state index in [0.29, 0.717) is 16.6 Å². The van der Waals surface area contributed by atoms with Crippen LogP contribution in [0.5, 0.6) is 0 Å². The highest BCUT2D eigenvalue weighted by molar-refractivity contribution is 5.94. The second-order valence-electron chi connectivity index (χ2n) is 5.43. The lowest BCUT2D eigenvalue weighted by atomic mass is 10.0. The van der Waals surface area contributed by atoms with Crippen molar-refractivity contribution >= 4 is 22.5 Å². The Morgan fingerprint density at radius 3 is 2.67 bits per heavy atom. The van der Waals surface area contributed by atoms with E-state index in [1.165, 1.54) is 6.07 Å². The summed E-state index contributed by atoms with van der Waals surface area (Å²) in [6.07, 6.45) is 0. The van der Waals surface area contributed by atoms with E-state index in [1.54, 1.807) is 26.1 Å². The van der Waals surface area contributed by atoms with Crippen LogP contribution in [0, 0.1) is 18.7 Å². The van der Waals surface area contributed by atoms with Gasteiger partial charge in [-0.1, -0.05) is 26.0 Å². The standard InChI is InChI=1S/C16H20FN3O/c1-9(2)14(16(21)18-4)20-13-8-10(3)19-15-11(13)6-5-7-12(15)17/h5-9,14H,1-4H3,(H,18,21)(H,19,20). The highest BCUT2D eigenvalue weighted by Crippen LogP contribution is 2.26. The average Bonchev–Trinajstić information content (AvgIpc) is 2.44. The monoisotopic (exact) mass is 289 g/mol. The molecule has 0 radical (unpaired) electrons. The number of likely N-dealkylation sites (N-methyl/N-ethyl adjacent to an activating group) is 1. The molecule has 2 N–H and O–H groups in total. The normalized spacial score (nSPS) is 12.5. The fourth-order valence-corrected chi connectivity index (χ4v) is 2.32.